The Kier molecular flexibility index (Phi) is 3.91. The van der Waals surface area contributed by atoms with Crippen molar-refractivity contribution in [1.29, 1.82) is 0 Å². The van der Waals surface area contributed by atoms with Crippen LogP contribution in [0.1, 0.15) is 40.5 Å². The number of ketones is 2. The molecule has 0 radical (unpaired) electrons. The van der Waals surface area contributed by atoms with Gasteiger partial charge in [-0.15, -0.1) is 0 Å². The molecule has 96 valence electrons. The smallest absolute Gasteiger partial charge is 0.410 e. The summed E-state index contributed by atoms with van der Waals surface area (Å²) in [5.74, 6) is -0.158. The Morgan fingerprint density at radius 3 is 2.41 bits per heavy atom. The molecule has 17 heavy (non-hydrogen) atoms. The Balaban J connectivity index is 2.76. The largest absolute Gasteiger partial charge is 0.444 e. The second kappa shape index (κ2) is 4.85. The van der Waals surface area contributed by atoms with E-state index in [-0.39, 0.29) is 24.5 Å². The summed E-state index contributed by atoms with van der Waals surface area (Å²) in [7, 11) is 0. The van der Waals surface area contributed by atoms with Gasteiger partial charge in [-0.1, -0.05) is 0 Å². The van der Waals surface area contributed by atoms with Crippen LogP contribution in [-0.4, -0.2) is 40.7 Å². The van der Waals surface area contributed by atoms with Gasteiger partial charge in [0.2, 0.25) is 0 Å². The highest BCUT2D eigenvalue weighted by molar-refractivity contribution is 5.93. The van der Waals surface area contributed by atoms with Crippen LogP contribution in [0.25, 0.3) is 0 Å². The van der Waals surface area contributed by atoms with E-state index in [9.17, 15) is 14.4 Å². The normalized spacial score (nSPS) is 21.3. The van der Waals surface area contributed by atoms with E-state index in [0.717, 1.165) is 0 Å². The first-order chi connectivity index (χ1) is 7.70. The van der Waals surface area contributed by atoms with E-state index >= 15 is 0 Å². The van der Waals surface area contributed by atoms with E-state index in [0.29, 0.717) is 6.42 Å². The number of carbonyl (C=O) groups is 3. The predicted octanol–water partition coefficient (Wildman–Crippen LogP) is 1.54. The van der Waals surface area contributed by atoms with E-state index in [1.807, 2.05) is 0 Å². The summed E-state index contributed by atoms with van der Waals surface area (Å²) in [5.41, 5.74) is -0.597. The Hall–Kier alpha value is -1.39. The topological polar surface area (TPSA) is 63.7 Å². The molecule has 1 amide bonds. The van der Waals surface area contributed by atoms with Crippen LogP contribution in [0.2, 0.25) is 0 Å². The second-order valence-corrected chi connectivity index (χ2v) is 5.29. The van der Waals surface area contributed by atoms with Crippen molar-refractivity contribution >= 4 is 17.7 Å². The highest BCUT2D eigenvalue weighted by Crippen LogP contribution is 2.19. The third kappa shape index (κ3) is 3.84. The monoisotopic (exact) mass is 241 g/mol. The Labute approximate surface area is 101 Å². The third-order valence-electron chi connectivity index (χ3n) is 2.53. The number of hydrogen-bond donors (Lipinski definition) is 0. The zero-order valence-corrected chi connectivity index (χ0v) is 10.8. The second-order valence-electron chi connectivity index (χ2n) is 5.29. The van der Waals surface area contributed by atoms with Gasteiger partial charge in [0.1, 0.15) is 17.4 Å². The molecule has 0 aromatic carbocycles. The van der Waals surface area contributed by atoms with Crippen molar-refractivity contribution in [2.75, 3.05) is 6.54 Å². The minimum atomic E-state index is -0.661. The molecule has 1 unspecified atom stereocenters. The van der Waals surface area contributed by atoms with E-state index in [2.05, 4.69) is 0 Å². The first-order valence-corrected chi connectivity index (χ1v) is 5.72. The predicted molar refractivity (Wildman–Crippen MR) is 61.7 cm³/mol. The lowest BCUT2D eigenvalue weighted by atomic mass is 9.98. The molecule has 0 aromatic heterocycles. The van der Waals surface area contributed by atoms with Crippen molar-refractivity contribution in [3.63, 3.8) is 0 Å². The van der Waals surface area contributed by atoms with Crippen LogP contribution >= 0.6 is 0 Å². The van der Waals surface area contributed by atoms with Gasteiger partial charge < -0.3 is 4.74 Å². The minimum Gasteiger partial charge on any atom is -0.444 e. The molecule has 1 heterocycles. The standard InChI is InChI=1S/C12H19NO4/c1-8(14)10-7-9(15)5-6-13(10)11(16)17-12(2,3)4/h10H,5-7H2,1-4H3. The zero-order chi connectivity index (χ0) is 13.2. The van der Waals surface area contributed by atoms with E-state index in [4.69, 9.17) is 4.74 Å². The van der Waals surface area contributed by atoms with Gasteiger partial charge in [-0.25, -0.2) is 4.79 Å². The van der Waals surface area contributed by atoms with Crippen LogP contribution in [-0.2, 0) is 14.3 Å². The van der Waals surface area contributed by atoms with E-state index in [1.54, 1.807) is 20.8 Å². The summed E-state index contributed by atoms with van der Waals surface area (Å²) in [6.45, 7) is 6.95. The van der Waals surface area contributed by atoms with Crippen LogP contribution in [0.15, 0.2) is 0 Å². The summed E-state index contributed by atoms with van der Waals surface area (Å²) in [4.78, 5) is 36.0. The molecule has 1 saturated heterocycles. The van der Waals surface area contributed by atoms with Crippen molar-refractivity contribution in [1.82, 2.24) is 4.90 Å². The molecule has 1 aliphatic rings. The molecule has 0 aromatic rings. The number of ether oxygens (including phenoxy) is 1. The van der Waals surface area contributed by atoms with E-state index in [1.165, 1.54) is 11.8 Å². The highest BCUT2D eigenvalue weighted by atomic mass is 16.6. The Morgan fingerprint density at radius 1 is 1.35 bits per heavy atom. The molecular weight excluding hydrogens is 222 g/mol. The number of carbonyl (C=O) groups excluding carboxylic acids is 3. The fraction of sp³-hybridized carbons (Fsp3) is 0.750. The molecule has 0 spiro atoms. The van der Waals surface area contributed by atoms with Crippen molar-refractivity contribution in [3.05, 3.63) is 0 Å². The highest BCUT2D eigenvalue weighted by Gasteiger charge is 2.35. The van der Waals surface area contributed by atoms with Gasteiger partial charge in [-0.05, 0) is 27.7 Å². The maximum atomic E-state index is 11.9. The SMILES string of the molecule is CC(=O)C1CC(=O)CCN1C(=O)OC(C)(C)C. The molecule has 1 atom stereocenters. The molecule has 1 rings (SSSR count). The van der Waals surface area contributed by atoms with Gasteiger partial charge in [-0.3, -0.25) is 14.5 Å². The van der Waals surface area contributed by atoms with Gasteiger partial charge in [0.15, 0.2) is 5.78 Å². The van der Waals surface area contributed by atoms with Gasteiger partial charge >= 0.3 is 6.09 Å². The summed E-state index contributed by atoms with van der Waals surface area (Å²) in [6, 6.07) is -0.661. The fourth-order valence-electron chi connectivity index (χ4n) is 1.73. The molecule has 0 saturated carbocycles. The lowest BCUT2D eigenvalue weighted by molar-refractivity contribution is -0.131. The lowest BCUT2D eigenvalue weighted by Gasteiger charge is -2.34. The molecule has 0 bridgehead atoms. The van der Waals surface area contributed by atoms with Crippen LogP contribution in [0.5, 0.6) is 0 Å². The molecule has 1 aliphatic heterocycles. The third-order valence-corrected chi connectivity index (χ3v) is 2.53. The minimum absolute atomic E-state index is 0.0185. The summed E-state index contributed by atoms with van der Waals surface area (Å²) < 4.78 is 5.22. The van der Waals surface area contributed by atoms with Crippen molar-refractivity contribution in [2.45, 2.75) is 52.2 Å². The van der Waals surface area contributed by atoms with Crippen LogP contribution in [0.4, 0.5) is 4.79 Å². The van der Waals surface area contributed by atoms with Gasteiger partial charge in [-0.2, -0.15) is 0 Å². The number of rotatable bonds is 1. The molecule has 0 N–H and O–H groups in total. The van der Waals surface area contributed by atoms with Crippen LogP contribution in [0, 0.1) is 0 Å². The van der Waals surface area contributed by atoms with Crippen molar-refractivity contribution in [3.8, 4) is 0 Å². The number of nitrogens with zero attached hydrogens (tertiary/aromatic N) is 1. The van der Waals surface area contributed by atoms with Crippen LogP contribution < -0.4 is 0 Å². The molecular formula is C12H19NO4. The molecule has 1 fully saturated rings. The number of Topliss-reactive ketones (excluding diaryl/α,β-unsaturated/α-hetero) is 2. The number of likely N-dealkylation sites (tertiary alicyclic amines) is 1. The van der Waals surface area contributed by atoms with Crippen molar-refractivity contribution < 1.29 is 19.1 Å². The summed E-state index contributed by atoms with van der Waals surface area (Å²) in [5, 5.41) is 0. The number of piperidine rings is 1. The quantitative estimate of drug-likeness (QED) is 0.698. The maximum Gasteiger partial charge on any atom is 0.410 e. The Bertz CT molecular complexity index is 343. The molecule has 5 nitrogen and oxygen atoms in total. The zero-order valence-electron chi connectivity index (χ0n) is 10.8. The first-order valence-electron chi connectivity index (χ1n) is 5.72. The fourth-order valence-corrected chi connectivity index (χ4v) is 1.73. The maximum absolute atomic E-state index is 11.9. The summed E-state index contributed by atoms with van der Waals surface area (Å²) in [6.07, 6.45) is -0.123. The molecule has 0 aliphatic carbocycles. The number of hydrogen-bond acceptors (Lipinski definition) is 4. The van der Waals surface area contributed by atoms with E-state index < -0.39 is 17.7 Å². The van der Waals surface area contributed by atoms with Crippen LogP contribution in [0.3, 0.4) is 0 Å². The van der Waals surface area contributed by atoms with Gasteiger partial charge in [0.05, 0.1) is 0 Å². The number of amides is 1. The first kappa shape index (κ1) is 13.7. The van der Waals surface area contributed by atoms with Gasteiger partial charge in [0, 0.05) is 19.4 Å². The van der Waals surface area contributed by atoms with Gasteiger partial charge in [0.25, 0.3) is 0 Å². The van der Waals surface area contributed by atoms with Crippen molar-refractivity contribution in [2.24, 2.45) is 0 Å². The average molecular weight is 241 g/mol. The average Bonchev–Trinajstić information content (AvgIpc) is 2.14. The lowest BCUT2D eigenvalue weighted by Crippen LogP contribution is -2.51. The Morgan fingerprint density at radius 2 is 1.94 bits per heavy atom. The summed E-state index contributed by atoms with van der Waals surface area (Å²) >= 11 is 0. The molecule has 5 heteroatoms.